The maximum absolute atomic E-state index is 12.6. The third kappa shape index (κ3) is 6.22. The number of amides is 1. The molecule has 0 aliphatic rings. The van der Waals surface area contributed by atoms with Crippen LogP contribution in [0.3, 0.4) is 0 Å². The van der Waals surface area contributed by atoms with Gasteiger partial charge in [0.1, 0.15) is 11.4 Å². The van der Waals surface area contributed by atoms with Gasteiger partial charge in [0.15, 0.2) is 0 Å². The van der Waals surface area contributed by atoms with Gasteiger partial charge < -0.3 is 14.8 Å². The van der Waals surface area contributed by atoms with Crippen LogP contribution in [0.2, 0.25) is 0 Å². The van der Waals surface area contributed by atoms with Crippen LogP contribution in [0.25, 0.3) is 0 Å². The van der Waals surface area contributed by atoms with E-state index in [0.29, 0.717) is 6.61 Å². The number of benzene rings is 1. The van der Waals surface area contributed by atoms with Crippen LogP contribution in [-0.2, 0) is 9.53 Å². The van der Waals surface area contributed by atoms with E-state index in [1.165, 1.54) is 0 Å². The Balaban J connectivity index is 2.70. The summed E-state index contributed by atoms with van der Waals surface area (Å²) in [5.41, 5.74) is -0.0228. The summed E-state index contributed by atoms with van der Waals surface area (Å²) in [6.07, 6.45) is 3.87. The summed E-state index contributed by atoms with van der Waals surface area (Å²) >= 11 is 0. The number of rotatable bonds is 10. The van der Waals surface area contributed by atoms with Gasteiger partial charge in [-0.2, -0.15) is 0 Å². The molecular formula is C19H31NO3. The summed E-state index contributed by atoms with van der Waals surface area (Å²) in [7, 11) is 0. The van der Waals surface area contributed by atoms with Gasteiger partial charge in [0.2, 0.25) is 0 Å². The molecule has 1 N–H and O–H groups in total. The highest BCUT2D eigenvalue weighted by molar-refractivity contribution is 5.97. The first-order valence-corrected chi connectivity index (χ1v) is 8.67. The van der Waals surface area contributed by atoms with Crippen molar-refractivity contribution in [2.45, 2.75) is 72.0 Å². The fraction of sp³-hybridized carbons (Fsp3) is 0.632. The molecule has 23 heavy (non-hydrogen) atoms. The molecule has 0 aliphatic heterocycles. The highest BCUT2D eigenvalue weighted by atomic mass is 16.5. The lowest BCUT2D eigenvalue weighted by atomic mass is 9.97. The van der Waals surface area contributed by atoms with Crippen LogP contribution < -0.4 is 10.1 Å². The smallest absolute Gasteiger partial charge is 0.256 e. The predicted molar refractivity (Wildman–Crippen MR) is 95.0 cm³/mol. The number of ether oxygens (including phenoxy) is 2. The van der Waals surface area contributed by atoms with Crippen molar-refractivity contribution in [2.75, 3.05) is 11.9 Å². The first-order valence-electron chi connectivity index (χ1n) is 8.67. The Labute approximate surface area is 140 Å². The zero-order chi connectivity index (χ0) is 17.3. The molecule has 130 valence electrons. The van der Waals surface area contributed by atoms with Gasteiger partial charge in [-0.25, -0.2) is 0 Å². The molecule has 1 aromatic rings. The van der Waals surface area contributed by atoms with E-state index in [1.54, 1.807) is 0 Å². The lowest BCUT2D eigenvalue weighted by Gasteiger charge is -2.28. The molecule has 0 aliphatic carbocycles. The van der Waals surface area contributed by atoms with E-state index in [1.807, 2.05) is 45.0 Å². The SMILES string of the molecule is CCCC[C@@](C)(OCC)C(=O)Nc1ccc(O[C@H](C)CC)cc1. The summed E-state index contributed by atoms with van der Waals surface area (Å²) in [6.45, 7) is 10.5. The minimum absolute atomic E-state index is 0.0941. The Morgan fingerprint density at radius 1 is 1.22 bits per heavy atom. The van der Waals surface area contributed by atoms with Crippen molar-refractivity contribution < 1.29 is 14.3 Å². The Morgan fingerprint density at radius 2 is 1.87 bits per heavy atom. The highest BCUT2D eigenvalue weighted by Gasteiger charge is 2.33. The van der Waals surface area contributed by atoms with Crippen LogP contribution in [-0.4, -0.2) is 24.2 Å². The van der Waals surface area contributed by atoms with Crippen molar-refractivity contribution in [1.82, 2.24) is 0 Å². The summed E-state index contributed by atoms with van der Waals surface area (Å²) in [6, 6.07) is 7.49. The van der Waals surface area contributed by atoms with Crippen molar-refractivity contribution in [3.8, 4) is 5.75 Å². The fourth-order valence-electron chi connectivity index (χ4n) is 2.28. The second kappa shape index (κ2) is 9.56. The molecule has 4 heteroatoms. The Bertz CT molecular complexity index is 472. The molecule has 0 heterocycles. The molecular weight excluding hydrogens is 290 g/mol. The average Bonchev–Trinajstić information content (AvgIpc) is 2.54. The Morgan fingerprint density at radius 3 is 2.39 bits per heavy atom. The largest absolute Gasteiger partial charge is 0.491 e. The second-order valence-electron chi connectivity index (χ2n) is 6.08. The van der Waals surface area contributed by atoms with Gasteiger partial charge >= 0.3 is 0 Å². The van der Waals surface area contributed by atoms with Crippen molar-refractivity contribution in [2.24, 2.45) is 0 Å². The van der Waals surface area contributed by atoms with Gasteiger partial charge in [-0.15, -0.1) is 0 Å². The van der Waals surface area contributed by atoms with Crippen LogP contribution in [0, 0.1) is 0 Å². The number of unbranched alkanes of at least 4 members (excludes halogenated alkanes) is 1. The number of hydrogen-bond donors (Lipinski definition) is 1. The van der Waals surface area contributed by atoms with Crippen LogP contribution in [0.15, 0.2) is 24.3 Å². The van der Waals surface area contributed by atoms with Gasteiger partial charge in [0, 0.05) is 12.3 Å². The Hall–Kier alpha value is -1.55. The number of hydrogen-bond acceptors (Lipinski definition) is 3. The summed E-state index contributed by atoms with van der Waals surface area (Å²) in [5.74, 6) is 0.722. The standard InChI is InChI=1S/C19H31NO3/c1-6-9-14-19(5,22-8-3)18(21)20-16-10-12-17(13-11-16)23-15(4)7-2/h10-13,15H,6-9,14H2,1-5H3,(H,20,21)/t15-,19-/m1/s1. The van der Waals surface area contributed by atoms with Crippen molar-refractivity contribution >= 4 is 11.6 Å². The highest BCUT2D eigenvalue weighted by Crippen LogP contribution is 2.23. The van der Waals surface area contributed by atoms with Gasteiger partial charge in [-0.1, -0.05) is 26.7 Å². The van der Waals surface area contributed by atoms with E-state index in [0.717, 1.165) is 37.1 Å². The first-order chi connectivity index (χ1) is 10.9. The third-order valence-corrected chi connectivity index (χ3v) is 3.97. The first kappa shape index (κ1) is 19.5. The quantitative estimate of drug-likeness (QED) is 0.674. The zero-order valence-corrected chi connectivity index (χ0v) is 15.1. The maximum atomic E-state index is 12.6. The molecule has 0 spiro atoms. The molecule has 2 atom stereocenters. The number of carbonyl (C=O) groups is 1. The zero-order valence-electron chi connectivity index (χ0n) is 15.1. The van der Waals surface area contributed by atoms with E-state index in [4.69, 9.17) is 9.47 Å². The van der Waals surface area contributed by atoms with E-state index in [9.17, 15) is 4.79 Å². The molecule has 0 bridgehead atoms. The molecule has 1 amide bonds. The van der Waals surface area contributed by atoms with Crippen LogP contribution >= 0.6 is 0 Å². The minimum Gasteiger partial charge on any atom is -0.491 e. The monoisotopic (exact) mass is 321 g/mol. The average molecular weight is 321 g/mol. The van der Waals surface area contributed by atoms with Crippen LogP contribution in [0.1, 0.15) is 60.3 Å². The predicted octanol–water partition coefficient (Wildman–Crippen LogP) is 4.79. The lowest BCUT2D eigenvalue weighted by Crippen LogP contribution is -2.42. The Kier molecular flexibility index (Phi) is 8.10. The van der Waals surface area contributed by atoms with E-state index in [-0.39, 0.29) is 12.0 Å². The fourth-order valence-corrected chi connectivity index (χ4v) is 2.28. The minimum atomic E-state index is -0.781. The van der Waals surface area contributed by atoms with Gasteiger partial charge in [-0.3, -0.25) is 4.79 Å². The van der Waals surface area contributed by atoms with E-state index < -0.39 is 5.60 Å². The summed E-state index contributed by atoms with van der Waals surface area (Å²) in [5, 5.41) is 2.95. The van der Waals surface area contributed by atoms with E-state index >= 15 is 0 Å². The van der Waals surface area contributed by atoms with Crippen molar-refractivity contribution in [3.63, 3.8) is 0 Å². The van der Waals surface area contributed by atoms with Crippen LogP contribution in [0.4, 0.5) is 5.69 Å². The molecule has 0 fully saturated rings. The van der Waals surface area contributed by atoms with Gasteiger partial charge in [0.05, 0.1) is 6.10 Å². The van der Waals surface area contributed by atoms with Gasteiger partial charge in [0.25, 0.3) is 5.91 Å². The molecule has 0 radical (unpaired) electrons. The van der Waals surface area contributed by atoms with Gasteiger partial charge in [-0.05, 0) is 57.9 Å². The lowest BCUT2D eigenvalue weighted by molar-refractivity contribution is -0.139. The van der Waals surface area contributed by atoms with Crippen molar-refractivity contribution in [3.05, 3.63) is 24.3 Å². The van der Waals surface area contributed by atoms with Crippen molar-refractivity contribution in [1.29, 1.82) is 0 Å². The summed E-state index contributed by atoms with van der Waals surface area (Å²) in [4.78, 5) is 12.6. The number of carbonyl (C=O) groups excluding carboxylic acids is 1. The molecule has 1 aromatic carbocycles. The topological polar surface area (TPSA) is 47.6 Å². The molecule has 0 unspecified atom stereocenters. The normalized spacial score (nSPS) is 14.8. The number of nitrogens with one attached hydrogen (secondary N) is 1. The molecule has 0 saturated heterocycles. The second-order valence-corrected chi connectivity index (χ2v) is 6.08. The molecule has 0 aromatic heterocycles. The van der Waals surface area contributed by atoms with E-state index in [2.05, 4.69) is 19.2 Å². The summed E-state index contributed by atoms with van der Waals surface area (Å²) < 4.78 is 11.5. The number of anilines is 1. The van der Waals surface area contributed by atoms with Crippen LogP contribution in [0.5, 0.6) is 5.75 Å². The third-order valence-electron chi connectivity index (χ3n) is 3.97. The maximum Gasteiger partial charge on any atom is 0.256 e. The molecule has 1 rings (SSSR count). The molecule has 4 nitrogen and oxygen atoms in total. The molecule has 0 saturated carbocycles.